The van der Waals surface area contributed by atoms with Gasteiger partial charge in [0.15, 0.2) is 0 Å². The molecule has 3 nitrogen and oxygen atoms in total. The van der Waals surface area contributed by atoms with Crippen LogP contribution in [0.3, 0.4) is 0 Å². The van der Waals surface area contributed by atoms with Crippen molar-refractivity contribution in [2.24, 2.45) is 0 Å². The minimum absolute atomic E-state index is 0.0915. The third-order valence-electron chi connectivity index (χ3n) is 3.94. The molecule has 0 unspecified atom stereocenters. The predicted octanol–water partition coefficient (Wildman–Crippen LogP) is 5.43. The van der Waals surface area contributed by atoms with Crippen LogP contribution < -0.4 is 10.4 Å². The highest BCUT2D eigenvalue weighted by molar-refractivity contribution is 6.33. The molecule has 0 aliphatic heterocycles. The molecule has 0 bridgehead atoms. The van der Waals surface area contributed by atoms with Crippen molar-refractivity contribution in [2.75, 3.05) is 0 Å². The monoisotopic (exact) mass is 366 g/mol. The standard InChI is InChI=1S/C18H13Cl2FO3/c1-9-10(2)18(22)24-16-7-17(14(20)6-11(9)16)23-8-12-13(19)4-3-5-15(12)21/h3-7H,8H2,1-2H3. The first-order chi connectivity index (χ1) is 11.4. The van der Waals surface area contributed by atoms with Crippen molar-refractivity contribution in [3.05, 3.63) is 73.3 Å². The molecule has 3 aromatic rings. The van der Waals surface area contributed by atoms with Gasteiger partial charge in [0.2, 0.25) is 0 Å². The Kier molecular flexibility index (Phi) is 4.52. The number of benzene rings is 2. The number of hydrogen-bond acceptors (Lipinski definition) is 3. The summed E-state index contributed by atoms with van der Waals surface area (Å²) in [7, 11) is 0. The fourth-order valence-corrected chi connectivity index (χ4v) is 2.81. The summed E-state index contributed by atoms with van der Waals surface area (Å²) in [5.41, 5.74) is 1.52. The van der Waals surface area contributed by atoms with Crippen LogP contribution in [0.15, 0.2) is 39.5 Å². The van der Waals surface area contributed by atoms with E-state index in [0.717, 1.165) is 10.9 Å². The van der Waals surface area contributed by atoms with Crippen LogP contribution in [0.5, 0.6) is 5.75 Å². The van der Waals surface area contributed by atoms with Gasteiger partial charge in [0, 0.05) is 22.6 Å². The quantitative estimate of drug-likeness (QED) is 0.579. The molecule has 3 rings (SSSR count). The van der Waals surface area contributed by atoms with Crippen LogP contribution in [0.1, 0.15) is 16.7 Å². The van der Waals surface area contributed by atoms with Gasteiger partial charge < -0.3 is 9.15 Å². The molecule has 0 fully saturated rings. The van der Waals surface area contributed by atoms with Gasteiger partial charge in [0.05, 0.1) is 10.0 Å². The van der Waals surface area contributed by atoms with E-state index in [1.807, 2.05) is 6.92 Å². The smallest absolute Gasteiger partial charge is 0.339 e. The lowest BCUT2D eigenvalue weighted by molar-refractivity contribution is 0.300. The van der Waals surface area contributed by atoms with Gasteiger partial charge in [-0.05, 0) is 37.6 Å². The summed E-state index contributed by atoms with van der Waals surface area (Å²) < 4.78 is 24.7. The predicted molar refractivity (Wildman–Crippen MR) is 92.7 cm³/mol. The van der Waals surface area contributed by atoms with Crippen LogP contribution in [0, 0.1) is 19.7 Å². The van der Waals surface area contributed by atoms with Gasteiger partial charge in [-0.1, -0.05) is 29.3 Å². The van der Waals surface area contributed by atoms with Gasteiger partial charge in [-0.25, -0.2) is 9.18 Å². The number of hydrogen-bond donors (Lipinski definition) is 0. The maximum absolute atomic E-state index is 13.8. The van der Waals surface area contributed by atoms with Crippen molar-refractivity contribution in [2.45, 2.75) is 20.5 Å². The fraction of sp³-hybridized carbons (Fsp3) is 0.167. The lowest BCUT2D eigenvalue weighted by Gasteiger charge is -2.12. The fourth-order valence-electron chi connectivity index (χ4n) is 2.37. The first-order valence-electron chi connectivity index (χ1n) is 7.17. The zero-order valence-electron chi connectivity index (χ0n) is 13.0. The SMILES string of the molecule is Cc1c(C)c2cc(Cl)c(OCc3c(F)cccc3Cl)cc2oc1=O. The summed E-state index contributed by atoms with van der Waals surface area (Å²) in [5, 5.41) is 1.34. The van der Waals surface area contributed by atoms with Gasteiger partial charge in [-0.3, -0.25) is 0 Å². The zero-order valence-corrected chi connectivity index (χ0v) is 14.5. The van der Waals surface area contributed by atoms with Crippen molar-refractivity contribution in [1.82, 2.24) is 0 Å². The van der Waals surface area contributed by atoms with Crippen LogP contribution in [-0.4, -0.2) is 0 Å². The van der Waals surface area contributed by atoms with Crippen LogP contribution >= 0.6 is 23.2 Å². The van der Waals surface area contributed by atoms with Crippen LogP contribution in [0.25, 0.3) is 11.0 Å². The Hall–Kier alpha value is -2.04. The Morgan fingerprint density at radius 2 is 1.88 bits per heavy atom. The largest absolute Gasteiger partial charge is 0.487 e. The molecule has 0 atom stereocenters. The maximum Gasteiger partial charge on any atom is 0.339 e. The second-order valence-electron chi connectivity index (χ2n) is 5.41. The van der Waals surface area contributed by atoms with Crippen molar-refractivity contribution in [3.63, 3.8) is 0 Å². The Labute approximate surface area is 147 Å². The van der Waals surface area contributed by atoms with Gasteiger partial charge in [0.1, 0.15) is 23.8 Å². The van der Waals surface area contributed by atoms with Crippen molar-refractivity contribution in [1.29, 1.82) is 0 Å². The topological polar surface area (TPSA) is 39.4 Å². The molecule has 0 saturated heterocycles. The van der Waals surface area contributed by atoms with E-state index in [9.17, 15) is 9.18 Å². The molecule has 1 aromatic heterocycles. The van der Waals surface area contributed by atoms with Gasteiger partial charge in [-0.15, -0.1) is 0 Å². The molecule has 0 aliphatic rings. The molecule has 2 aromatic carbocycles. The molecule has 0 amide bonds. The Morgan fingerprint density at radius 1 is 1.12 bits per heavy atom. The Bertz CT molecular complexity index is 975. The summed E-state index contributed by atoms with van der Waals surface area (Å²) in [5.74, 6) is -0.174. The second kappa shape index (κ2) is 6.46. The van der Waals surface area contributed by atoms with E-state index in [0.29, 0.717) is 16.2 Å². The lowest BCUT2D eigenvalue weighted by Crippen LogP contribution is -2.06. The molecule has 0 N–H and O–H groups in total. The number of fused-ring (bicyclic) bond motifs is 1. The maximum atomic E-state index is 13.8. The first kappa shape index (κ1) is 16.8. The summed E-state index contributed by atoms with van der Waals surface area (Å²) in [6, 6.07) is 7.60. The Morgan fingerprint density at radius 3 is 2.58 bits per heavy atom. The molecule has 24 heavy (non-hydrogen) atoms. The third-order valence-corrected chi connectivity index (χ3v) is 4.59. The van der Waals surface area contributed by atoms with E-state index in [4.69, 9.17) is 32.4 Å². The molecule has 124 valence electrons. The van der Waals surface area contributed by atoms with Crippen molar-refractivity contribution >= 4 is 34.2 Å². The molecule has 0 saturated carbocycles. The number of aryl methyl sites for hydroxylation is 1. The van der Waals surface area contributed by atoms with Crippen molar-refractivity contribution < 1.29 is 13.5 Å². The van der Waals surface area contributed by atoms with Crippen LogP contribution in [-0.2, 0) is 6.61 Å². The summed E-state index contributed by atoms with van der Waals surface area (Å²) >= 11 is 12.2. The summed E-state index contributed by atoms with van der Waals surface area (Å²) in [6.45, 7) is 3.43. The minimum Gasteiger partial charge on any atom is -0.487 e. The number of ether oxygens (including phenoxy) is 1. The molecule has 0 radical (unpaired) electrons. The number of halogens is 3. The minimum atomic E-state index is -0.461. The summed E-state index contributed by atoms with van der Waals surface area (Å²) in [4.78, 5) is 11.8. The van der Waals surface area contributed by atoms with E-state index in [1.54, 1.807) is 19.1 Å². The van der Waals surface area contributed by atoms with Gasteiger partial charge >= 0.3 is 5.63 Å². The average Bonchev–Trinajstić information content (AvgIpc) is 2.54. The summed E-state index contributed by atoms with van der Waals surface area (Å²) in [6.07, 6.45) is 0. The lowest BCUT2D eigenvalue weighted by atomic mass is 10.1. The van der Waals surface area contributed by atoms with E-state index in [-0.39, 0.29) is 22.9 Å². The van der Waals surface area contributed by atoms with E-state index < -0.39 is 11.4 Å². The highest BCUT2D eigenvalue weighted by Gasteiger charge is 2.13. The van der Waals surface area contributed by atoms with E-state index in [2.05, 4.69) is 0 Å². The normalized spacial score (nSPS) is 11.0. The van der Waals surface area contributed by atoms with E-state index in [1.165, 1.54) is 18.2 Å². The molecule has 1 heterocycles. The highest BCUT2D eigenvalue weighted by Crippen LogP contribution is 2.33. The molecule has 0 spiro atoms. The molecular weight excluding hydrogens is 354 g/mol. The second-order valence-corrected chi connectivity index (χ2v) is 6.22. The molecule has 0 aliphatic carbocycles. The zero-order chi connectivity index (χ0) is 17.4. The highest BCUT2D eigenvalue weighted by atomic mass is 35.5. The average molecular weight is 367 g/mol. The van der Waals surface area contributed by atoms with Gasteiger partial charge in [0.25, 0.3) is 0 Å². The third kappa shape index (κ3) is 2.99. The van der Waals surface area contributed by atoms with Crippen LogP contribution in [0.2, 0.25) is 10.0 Å². The molecular formula is C18H13Cl2FO3. The van der Waals surface area contributed by atoms with Gasteiger partial charge in [-0.2, -0.15) is 0 Å². The molecule has 6 heteroatoms. The number of rotatable bonds is 3. The Balaban J connectivity index is 2.00. The first-order valence-corrected chi connectivity index (χ1v) is 7.93. The van der Waals surface area contributed by atoms with Crippen molar-refractivity contribution in [3.8, 4) is 5.75 Å². The van der Waals surface area contributed by atoms with Crippen LogP contribution in [0.4, 0.5) is 4.39 Å². The van der Waals surface area contributed by atoms with E-state index >= 15 is 0 Å².